The third kappa shape index (κ3) is 5.04. The zero-order valence-corrected chi connectivity index (χ0v) is 17.6. The number of aromatic nitrogens is 3. The van der Waals surface area contributed by atoms with Crippen LogP contribution in [-0.2, 0) is 11.2 Å². The Morgan fingerprint density at radius 3 is 2.59 bits per heavy atom. The lowest BCUT2D eigenvalue weighted by Gasteiger charge is -2.12. The number of para-hydroxylation sites is 1. The highest BCUT2D eigenvalue weighted by atomic mass is 16.2. The summed E-state index contributed by atoms with van der Waals surface area (Å²) in [4.78, 5) is 27.8. The maximum atomic E-state index is 12.3. The van der Waals surface area contributed by atoms with Gasteiger partial charge in [0.2, 0.25) is 5.91 Å². The first-order valence-corrected chi connectivity index (χ1v) is 10.6. The van der Waals surface area contributed by atoms with E-state index in [1.54, 1.807) is 6.07 Å². The van der Waals surface area contributed by atoms with Crippen LogP contribution in [0.3, 0.4) is 0 Å². The van der Waals surface area contributed by atoms with Gasteiger partial charge in [-0.25, -0.2) is 0 Å². The van der Waals surface area contributed by atoms with E-state index in [1.165, 1.54) is 0 Å². The van der Waals surface area contributed by atoms with Crippen molar-refractivity contribution < 1.29 is 9.59 Å². The summed E-state index contributed by atoms with van der Waals surface area (Å²) < 4.78 is 0. The molecule has 2 aromatic heterocycles. The van der Waals surface area contributed by atoms with E-state index in [9.17, 15) is 9.59 Å². The van der Waals surface area contributed by atoms with Crippen molar-refractivity contribution in [3.63, 3.8) is 0 Å². The van der Waals surface area contributed by atoms with Crippen molar-refractivity contribution in [2.75, 3.05) is 13.1 Å². The highest BCUT2D eigenvalue weighted by Crippen LogP contribution is 2.19. The molecule has 0 radical (unpaired) electrons. The van der Waals surface area contributed by atoms with Crippen molar-refractivity contribution in [3.05, 3.63) is 78.1 Å². The number of nitrogens with two attached hydrogens (primary N) is 1. The number of nitrogens with zero attached hydrogens (tertiary/aromatic N) is 1. The number of carbonyl (C=O) groups is 2. The number of rotatable bonds is 9. The van der Waals surface area contributed by atoms with Gasteiger partial charge in [-0.3, -0.25) is 14.7 Å². The number of carbonyl (C=O) groups excluding carboxylic acids is 2. The normalized spacial score (nSPS) is 11.9. The molecule has 0 aliphatic rings. The molecule has 0 saturated carbocycles. The van der Waals surface area contributed by atoms with Gasteiger partial charge in [-0.2, -0.15) is 5.10 Å². The second-order valence-corrected chi connectivity index (χ2v) is 7.60. The third-order valence-electron chi connectivity index (χ3n) is 5.28. The molecular formula is C24H26N6O2. The molecule has 0 fully saturated rings. The van der Waals surface area contributed by atoms with E-state index in [0.29, 0.717) is 37.3 Å². The van der Waals surface area contributed by atoms with E-state index in [1.807, 2.05) is 60.8 Å². The van der Waals surface area contributed by atoms with E-state index >= 15 is 0 Å². The van der Waals surface area contributed by atoms with Crippen LogP contribution in [0.25, 0.3) is 22.2 Å². The van der Waals surface area contributed by atoms with Gasteiger partial charge in [-0.15, -0.1) is 0 Å². The number of H-pyrrole nitrogens is 2. The Balaban J connectivity index is 1.18. The predicted molar refractivity (Wildman–Crippen MR) is 124 cm³/mol. The molecule has 164 valence electrons. The van der Waals surface area contributed by atoms with Gasteiger partial charge in [-0.1, -0.05) is 48.5 Å². The quantitative estimate of drug-likeness (QED) is 0.261. The first kappa shape index (κ1) is 21.3. The fourth-order valence-electron chi connectivity index (χ4n) is 3.55. The monoisotopic (exact) mass is 430 g/mol. The second-order valence-electron chi connectivity index (χ2n) is 7.60. The van der Waals surface area contributed by atoms with E-state index in [4.69, 9.17) is 5.73 Å². The van der Waals surface area contributed by atoms with Crippen molar-refractivity contribution >= 4 is 22.7 Å². The van der Waals surface area contributed by atoms with Crippen LogP contribution in [-0.4, -0.2) is 46.1 Å². The minimum atomic E-state index is -0.634. The Bertz CT molecular complexity index is 1200. The summed E-state index contributed by atoms with van der Waals surface area (Å²) in [6.07, 6.45) is 2.94. The van der Waals surface area contributed by atoms with Crippen LogP contribution >= 0.6 is 0 Å². The standard InChI is InChI=1S/C24H26N6O2/c25-19(13-17-15-28-20-10-5-4-9-18(17)20)23(31)26-11-6-12-27-24(32)22-14-21(29-30-22)16-7-2-1-3-8-16/h1-5,7-10,14-15,19,28H,6,11-13,25H2,(H,26,31)(H,27,32)(H,29,30)/t19-/m0/s1. The Labute approximate surface area is 185 Å². The van der Waals surface area contributed by atoms with E-state index in [2.05, 4.69) is 25.8 Å². The molecule has 0 bridgehead atoms. The van der Waals surface area contributed by atoms with Gasteiger partial charge in [0.05, 0.1) is 11.7 Å². The van der Waals surface area contributed by atoms with E-state index in [-0.39, 0.29) is 11.8 Å². The van der Waals surface area contributed by atoms with Gasteiger partial charge in [0, 0.05) is 35.8 Å². The average molecular weight is 431 g/mol. The number of amides is 2. The molecule has 4 aromatic rings. The summed E-state index contributed by atoms with van der Waals surface area (Å²) in [6.45, 7) is 0.857. The summed E-state index contributed by atoms with van der Waals surface area (Å²) in [5.74, 6) is -0.440. The maximum Gasteiger partial charge on any atom is 0.269 e. The van der Waals surface area contributed by atoms with Crippen LogP contribution in [0.15, 0.2) is 66.9 Å². The van der Waals surface area contributed by atoms with Crippen LogP contribution in [0.4, 0.5) is 0 Å². The minimum absolute atomic E-state index is 0.206. The number of aromatic amines is 2. The zero-order chi connectivity index (χ0) is 22.3. The number of hydrogen-bond donors (Lipinski definition) is 5. The highest BCUT2D eigenvalue weighted by Gasteiger charge is 2.16. The van der Waals surface area contributed by atoms with Gasteiger partial charge < -0.3 is 21.4 Å². The molecule has 2 heterocycles. The lowest BCUT2D eigenvalue weighted by Crippen LogP contribution is -2.42. The van der Waals surface area contributed by atoms with Crippen LogP contribution < -0.4 is 16.4 Å². The fraction of sp³-hybridized carbons (Fsp3) is 0.208. The van der Waals surface area contributed by atoms with Gasteiger partial charge in [-0.05, 0) is 30.5 Å². The molecule has 0 spiro atoms. The molecule has 0 saturated heterocycles. The van der Waals surface area contributed by atoms with Crippen LogP contribution in [0, 0.1) is 0 Å². The summed E-state index contributed by atoms with van der Waals surface area (Å²) >= 11 is 0. The third-order valence-corrected chi connectivity index (χ3v) is 5.28. The second kappa shape index (κ2) is 9.93. The van der Waals surface area contributed by atoms with E-state index in [0.717, 1.165) is 22.0 Å². The minimum Gasteiger partial charge on any atom is -0.361 e. The Hall–Kier alpha value is -3.91. The molecule has 6 N–H and O–H groups in total. The van der Waals surface area contributed by atoms with E-state index < -0.39 is 6.04 Å². The lowest BCUT2D eigenvalue weighted by atomic mass is 10.1. The Morgan fingerprint density at radius 1 is 1.00 bits per heavy atom. The summed E-state index contributed by atoms with van der Waals surface area (Å²) in [7, 11) is 0. The van der Waals surface area contributed by atoms with Crippen LogP contribution in [0.1, 0.15) is 22.5 Å². The Morgan fingerprint density at radius 2 is 1.75 bits per heavy atom. The van der Waals surface area contributed by atoms with Crippen molar-refractivity contribution in [2.24, 2.45) is 5.73 Å². The summed E-state index contributed by atoms with van der Waals surface area (Å²) in [5.41, 5.74) is 10.2. The zero-order valence-electron chi connectivity index (χ0n) is 17.6. The average Bonchev–Trinajstić information content (AvgIpc) is 3.47. The van der Waals surface area contributed by atoms with Gasteiger partial charge >= 0.3 is 0 Å². The SMILES string of the molecule is N[C@@H](Cc1c[nH]c2ccccc12)C(=O)NCCCNC(=O)c1cc(-c2ccccc2)n[nH]1. The number of fused-ring (bicyclic) bond motifs is 1. The predicted octanol–water partition coefficient (Wildman–Crippen LogP) is 2.36. The molecule has 4 rings (SSSR count). The van der Waals surface area contributed by atoms with Gasteiger partial charge in [0.15, 0.2) is 0 Å². The number of benzene rings is 2. The molecule has 8 heteroatoms. The molecule has 2 amide bonds. The first-order chi connectivity index (χ1) is 15.6. The molecule has 32 heavy (non-hydrogen) atoms. The Kier molecular flexibility index (Phi) is 6.62. The molecule has 1 atom stereocenters. The molecule has 8 nitrogen and oxygen atoms in total. The number of hydrogen-bond acceptors (Lipinski definition) is 4. The maximum absolute atomic E-state index is 12.3. The highest BCUT2D eigenvalue weighted by molar-refractivity contribution is 5.93. The van der Waals surface area contributed by atoms with Gasteiger partial charge in [0.25, 0.3) is 5.91 Å². The van der Waals surface area contributed by atoms with Crippen LogP contribution in [0.2, 0.25) is 0 Å². The smallest absolute Gasteiger partial charge is 0.269 e. The first-order valence-electron chi connectivity index (χ1n) is 10.6. The molecule has 0 aliphatic carbocycles. The molecular weight excluding hydrogens is 404 g/mol. The van der Waals surface area contributed by atoms with Crippen molar-refractivity contribution in [1.29, 1.82) is 0 Å². The molecule has 0 aliphatic heterocycles. The summed E-state index contributed by atoms with van der Waals surface area (Å²) in [5, 5.41) is 13.7. The fourth-order valence-corrected chi connectivity index (χ4v) is 3.55. The lowest BCUT2D eigenvalue weighted by molar-refractivity contribution is -0.122. The molecule has 0 unspecified atom stereocenters. The largest absolute Gasteiger partial charge is 0.361 e. The summed E-state index contributed by atoms with van der Waals surface area (Å²) in [6, 6.07) is 18.6. The van der Waals surface area contributed by atoms with Gasteiger partial charge in [0.1, 0.15) is 5.69 Å². The topological polar surface area (TPSA) is 129 Å². The van der Waals surface area contributed by atoms with Crippen molar-refractivity contribution in [1.82, 2.24) is 25.8 Å². The van der Waals surface area contributed by atoms with Crippen LogP contribution in [0.5, 0.6) is 0 Å². The van der Waals surface area contributed by atoms with Crippen molar-refractivity contribution in [3.8, 4) is 11.3 Å². The number of nitrogens with one attached hydrogen (secondary N) is 4. The van der Waals surface area contributed by atoms with Crippen molar-refractivity contribution in [2.45, 2.75) is 18.9 Å². The molecule has 2 aromatic carbocycles.